The minimum atomic E-state index is 0.164. The van der Waals surface area contributed by atoms with Gasteiger partial charge in [0.2, 0.25) is 0 Å². The Kier molecular flexibility index (Phi) is 8.06. The van der Waals surface area contributed by atoms with Gasteiger partial charge in [-0.1, -0.05) is 33.6 Å². The summed E-state index contributed by atoms with van der Waals surface area (Å²) in [5.74, 6) is 0.980. The van der Waals surface area contributed by atoms with E-state index in [-0.39, 0.29) is 12.2 Å². The second-order valence-electron chi connectivity index (χ2n) is 6.66. The monoisotopic (exact) mass is 244 g/mol. The number of rotatable bonds is 3. The van der Waals surface area contributed by atoms with Crippen molar-refractivity contribution in [1.82, 2.24) is 0 Å². The second kappa shape index (κ2) is 8.10. The molecule has 104 valence electrons. The van der Waals surface area contributed by atoms with E-state index in [1.807, 2.05) is 27.7 Å². The zero-order valence-corrected chi connectivity index (χ0v) is 12.9. The highest BCUT2D eigenvalue weighted by Gasteiger charge is 2.24. The van der Waals surface area contributed by atoms with Gasteiger partial charge in [0.25, 0.3) is 0 Å². The molecule has 0 spiro atoms. The van der Waals surface area contributed by atoms with Crippen LogP contribution in [0.1, 0.15) is 74.1 Å². The van der Waals surface area contributed by atoms with Crippen LogP contribution in [0, 0.1) is 11.3 Å². The van der Waals surface area contributed by atoms with Gasteiger partial charge in [0.1, 0.15) is 0 Å². The smallest absolute Gasteiger partial charge is 0.0874 e. The van der Waals surface area contributed by atoms with Gasteiger partial charge < -0.3 is 0 Å². The summed E-state index contributed by atoms with van der Waals surface area (Å²) >= 11 is 0. The first-order valence-electron chi connectivity index (χ1n) is 7.05. The highest BCUT2D eigenvalue weighted by Crippen LogP contribution is 2.37. The highest BCUT2D eigenvalue weighted by atomic mass is 17.2. The molecule has 1 aliphatic rings. The van der Waals surface area contributed by atoms with Crippen LogP contribution in [0.15, 0.2) is 0 Å². The summed E-state index contributed by atoms with van der Waals surface area (Å²) in [5, 5.41) is 0. The van der Waals surface area contributed by atoms with E-state index in [0.29, 0.717) is 5.41 Å². The highest BCUT2D eigenvalue weighted by molar-refractivity contribution is 4.76. The lowest BCUT2D eigenvalue weighted by Gasteiger charge is -2.33. The van der Waals surface area contributed by atoms with Gasteiger partial charge >= 0.3 is 0 Å². The Hall–Kier alpha value is -0.0800. The lowest BCUT2D eigenvalue weighted by atomic mass is 9.73. The molecule has 2 heteroatoms. The van der Waals surface area contributed by atoms with Crippen molar-refractivity contribution in [1.29, 1.82) is 0 Å². The van der Waals surface area contributed by atoms with Gasteiger partial charge in [0.15, 0.2) is 0 Å². The fourth-order valence-corrected chi connectivity index (χ4v) is 2.30. The summed E-state index contributed by atoms with van der Waals surface area (Å²) in [6.07, 6.45) is 6.12. The third-order valence-electron chi connectivity index (χ3n) is 2.89. The Morgan fingerprint density at radius 1 is 1.00 bits per heavy atom. The average molecular weight is 244 g/mol. The van der Waals surface area contributed by atoms with Crippen molar-refractivity contribution in [2.45, 2.75) is 86.4 Å². The minimum absolute atomic E-state index is 0.164. The van der Waals surface area contributed by atoms with Crippen molar-refractivity contribution < 1.29 is 9.78 Å². The molecular weight excluding hydrogens is 212 g/mol. The SMILES string of the molecule is CC(C)OOC(C)C.CC1CCCC(C)(C)C1. The summed E-state index contributed by atoms with van der Waals surface area (Å²) in [5.41, 5.74) is 0.650. The van der Waals surface area contributed by atoms with Crippen molar-refractivity contribution in [2.24, 2.45) is 11.3 Å². The lowest BCUT2D eigenvalue weighted by molar-refractivity contribution is -0.337. The van der Waals surface area contributed by atoms with Gasteiger partial charge in [-0.15, -0.1) is 0 Å². The maximum Gasteiger partial charge on any atom is 0.0874 e. The van der Waals surface area contributed by atoms with E-state index >= 15 is 0 Å². The molecule has 1 aliphatic carbocycles. The zero-order valence-electron chi connectivity index (χ0n) is 12.9. The van der Waals surface area contributed by atoms with Crippen LogP contribution in [0.2, 0.25) is 0 Å². The molecule has 0 heterocycles. The molecule has 0 aromatic heterocycles. The molecule has 1 saturated carbocycles. The molecule has 1 atom stereocenters. The van der Waals surface area contributed by atoms with E-state index in [2.05, 4.69) is 20.8 Å². The fraction of sp³-hybridized carbons (Fsp3) is 1.00. The molecule has 0 N–H and O–H groups in total. The Morgan fingerprint density at radius 3 is 1.71 bits per heavy atom. The Labute approximate surface area is 108 Å². The van der Waals surface area contributed by atoms with E-state index in [0.717, 1.165) is 5.92 Å². The minimum Gasteiger partial charge on any atom is -0.234 e. The van der Waals surface area contributed by atoms with E-state index in [9.17, 15) is 0 Å². The average Bonchev–Trinajstić information content (AvgIpc) is 2.13. The maximum atomic E-state index is 4.80. The summed E-state index contributed by atoms with van der Waals surface area (Å²) < 4.78 is 0. The predicted molar refractivity (Wildman–Crippen MR) is 73.9 cm³/mol. The molecule has 1 unspecified atom stereocenters. The van der Waals surface area contributed by atoms with Gasteiger partial charge in [0.05, 0.1) is 12.2 Å². The molecule has 0 saturated heterocycles. The molecule has 0 aromatic carbocycles. The molecule has 1 rings (SSSR count). The normalized spacial score (nSPS) is 23.5. The van der Waals surface area contributed by atoms with Gasteiger partial charge in [-0.25, -0.2) is 9.78 Å². The fourth-order valence-electron chi connectivity index (χ4n) is 2.30. The summed E-state index contributed by atoms with van der Waals surface area (Å²) in [6.45, 7) is 14.9. The molecule has 0 bridgehead atoms. The topological polar surface area (TPSA) is 18.5 Å². The first-order valence-corrected chi connectivity index (χ1v) is 7.05. The van der Waals surface area contributed by atoms with E-state index in [1.54, 1.807) is 0 Å². The van der Waals surface area contributed by atoms with Crippen LogP contribution in [0.4, 0.5) is 0 Å². The Morgan fingerprint density at radius 2 is 1.47 bits per heavy atom. The molecule has 2 nitrogen and oxygen atoms in total. The van der Waals surface area contributed by atoms with Crippen LogP contribution < -0.4 is 0 Å². The van der Waals surface area contributed by atoms with Crippen LogP contribution in [0.5, 0.6) is 0 Å². The molecule has 1 fully saturated rings. The predicted octanol–water partition coefficient (Wildman–Crippen LogP) is 4.97. The summed E-state index contributed by atoms with van der Waals surface area (Å²) in [4.78, 5) is 9.61. The van der Waals surface area contributed by atoms with Crippen LogP contribution in [0.25, 0.3) is 0 Å². The first kappa shape index (κ1) is 16.9. The largest absolute Gasteiger partial charge is 0.234 e. The molecule has 17 heavy (non-hydrogen) atoms. The van der Waals surface area contributed by atoms with Crippen LogP contribution >= 0.6 is 0 Å². The maximum absolute atomic E-state index is 4.80. The third kappa shape index (κ3) is 10.8. The molecule has 0 amide bonds. The summed E-state index contributed by atoms with van der Waals surface area (Å²) in [6, 6.07) is 0. The van der Waals surface area contributed by atoms with Gasteiger partial charge in [-0.3, -0.25) is 0 Å². The Bertz CT molecular complexity index is 177. The summed E-state index contributed by atoms with van der Waals surface area (Å²) in [7, 11) is 0. The van der Waals surface area contributed by atoms with Gasteiger partial charge in [0, 0.05) is 0 Å². The van der Waals surface area contributed by atoms with Gasteiger partial charge in [-0.2, -0.15) is 0 Å². The van der Waals surface area contributed by atoms with Crippen LogP contribution in [-0.4, -0.2) is 12.2 Å². The van der Waals surface area contributed by atoms with Crippen molar-refractivity contribution in [3.05, 3.63) is 0 Å². The van der Waals surface area contributed by atoms with Crippen molar-refractivity contribution in [2.75, 3.05) is 0 Å². The third-order valence-corrected chi connectivity index (χ3v) is 2.89. The van der Waals surface area contributed by atoms with Crippen molar-refractivity contribution in [3.63, 3.8) is 0 Å². The van der Waals surface area contributed by atoms with Crippen molar-refractivity contribution >= 4 is 0 Å². The van der Waals surface area contributed by atoms with E-state index in [1.165, 1.54) is 25.7 Å². The van der Waals surface area contributed by atoms with Crippen LogP contribution in [0.3, 0.4) is 0 Å². The standard InChI is InChI=1S/C9H18.C6H14O2/c1-8-5-4-6-9(2,3)7-8;1-5(2)7-8-6(3)4/h8H,4-7H2,1-3H3;5-6H,1-4H3. The molecule has 0 aromatic rings. The van der Waals surface area contributed by atoms with E-state index < -0.39 is 0 Å². The van der Waals surface area contributed by atoms with Gasteiger partial charge in [-0.05, 0) is 51.9 Å². The Balaban J connectivity index is 0.000000304. The number of hydrogen-bond acceptors (Lipinski definition) is 2. The number of hydrogen-bond donors (Lipinski definition) is 0. The van der Waals surface area contributed by atoms with Crippen molar-refractivity contribution in [3.8, 4) is 0 Å². The second-order valence-corrected chi connectivity index (χ2v) is 6.66. The first-order chi connectivity index (χ1) is 7.73. The van der Waals surface area contributed by atoms with Crippen LogP contribution in [-0.2, 0) is 9.78 Å². The lowest BCUT2D eigenvalue weighted by Crippen LogP contribution is -2.20. The van der Waals surface area contributed by atoms with E-state index in [4.69, 9.17) is 9.78 Å². The molecule has 0 aliphatic heterocycles. The zero-order chi connectivity index (χ0) is 13.5. The molecular formula is C15H32O2. The molecule has 0 radical (unpaired) electrons. The quantitative estimate of drug-likeness (QED) is 0.515.